The van der Waals surface area contributed by atoms with Crippen molar-refractivity contribution < 1.29 is 5.11 Å². The molecule has 0 spiro atoms. The second-order valence-corrected chi connectivity index (χ2v) is 5.04. The van der Waals surface area contributed by atoms with E-state index in [1.165, 1.54) is 12.0 Å². The maximum atomic E-state index is 9.01. The van der Waals surface area contributed by atoms with Crippen LogP contribution < -0.4 is 0 Å². The quantitative estimate of drug-likeness (QED) is 0.820. The zero-order chi connectivity index (χ0) is 9.97. The molecule has 0 heterocycles. The van der Waals surface area contributed by atoms with Gasteiger partial charge < -0.3 is 5.11 Å². The highest BCUT2D eigenvalue weighted by Gasteiger charge is 2.46. The Kier molecular flexibility index (Phi) is 3.24. The van der Waals surface area contributed by atoms with E-state index in [4.69, 9.17) is 5.11 Å². The number of alkyl halides is 1. The Morgan fingerprint density at radius 2 is 1.86 bits per heavy atom. The Balaban J connectivity index is 1.79. The van der Waals surface area contributed by atoms with Crippen LogP contribution in [-0.2, 0) is 6.42 Å². The highest BCUT2D eigenvalue weighted by molar-refractivity contribution is 9.09. The number of halogens is 1. The molecule has 14 heavy (non-hydrogen) atoms. The van der Waals surface area contributed by atoms with Crippen molar-refractivity contribution in [3.8, 4) is 0 Å². The van der Waals surface area contributed by atoms with Crippen LogP contribution in [-0.4, -0.2) is 16.5 Å². The van der Waals surface area contributed by atoms with Gasteiger partial charge in [0.2, 0.25) is 0 Å². The molecular weight excluding hydrogens is 240 g/mol. The second-order valence-electron chi connectivity index (χ2n) is 3.98. The molecule has 0 amide bonds. The molecule has 1 N–H and O–H groups in total. The van der Waals surface area contributed by atoms with Crippen molar-refractivity contribution in [3.63, 3.8) is 0 Å². The number of aliphatic hydroxyl groups is 1. The van der Waals surface area contributed by atoms with Crippen molar-refractivity contribution in [2.45, 2.75) is 17.7 Å². The summed E-state index contributed by atoms with van der Waals surface area (Å²) in [6.07, 6.45) is 2.31. The van der Waals surface area contributed by atoms with Crippen LogP contribution in [0.3, 0.4) is 0 Å². The van der Waals surface area contributed by atoms with Gasteiger partial charge in [-0.3, -0.25) is 0 Å². The number of hydrogen-bond donors (Lipinski definition) is 1. The molecule has 3 atom stereocenters. The number of aryl methyl sites for hydroxylation is 1. The lowest BCUT2D eigenvalue weighted by molar-refractivity contribution is 0.268. The first-order valence-electron chi connectivity index (χ1n) is 5.12. The van der Waals surface area contributed by atoms with E-state index in [-0.39, 0.29) is 0 Å². The molecular formula is C12H15BrO. The molecule has 1 aromatic rings. The Morgan fingerprint density at radius 1 is 1.14 bits per heavy atom. The van der Waals surface area contributed by atoms with E-state index in [0.717, 1.165) is 6.42 Å². The van der Waals surface area contributed by atoms with E-state index in [2.05, 4.69) is 40.2 Å². The lowest BCUT2D eigenvalue weighted by Gasteiger charge is -1.99. The highest BCUT2D eigenvalue weighted by Crippen LogP contribution is 2.47. The van der Waals surface area contributed by atoms with E-state index < -0.39 is 0 Å². The molecule has 0 unspecified atom stereocenters. The van der Waals surface area contributed by atoms with E-state index >= 15 is 0 Å². The van der Waals surface area contributed by atoms with Crippen LogP contribution in [0.5, 0.6) is 0 Å². The van der Waals surface area contributed by atoms with Crippen molar-refractivity contribution in [3.05, 3.63) is 35.9 Å². The van der Waals surface area contributed by atoms with Crippen LogP contribution in [0.15, 0.2) is 30.3 Å². The van der Waals surface area contributed by atoms with Gasteiger partial charge in [-0.2, -0.15) is 0 Å². The van der Waals surface area contributed by atoms with Crippen molar-refractivity contribution in [1.29, 1.82) is 0 Å². The average Bonchev–Trinajstić information content (AvgIpc) is 2.87. The van der Waals surface area contributed by atoms with E-state index in [1.807, 2.05) is 6.07 Å². The number of benzene rings is 1. The molecule has 0 saturated heterocycles. The molecule has 1 saturated carbocycles. The molecule has 0 radical (unpaired) electrons. The van der Waals surface area contributed by atoms with Gasteiger partial charge >= 0.3 is 0 Å². The normalized spacial score (nSPS) is 30.3. The Morgan fingerprint density at radius 3 is 2.43 bits per heavy atom. The van der Waals surface area contributed by atoms with Crippen molar-refractivity contribution >= 4 is 15.9 Å². The lowest BCUT2D eigenvalue weighted by atomic mass is 10.1. The summed E-state index contributed by atoms with van der Waals surface area (Å²) in [7, 11) is 0. The first kappa shape index (κ1) is 10.2. The van der Waals surface area contributed by atoms with Crippen LogP contribution in [0.1, 0.15) is 12.0 Å². The van der Waals surface area contributed by atoms with Crippen molar-refractivity contribution in [2.75, 3.05) is 6.61 Å². The fraction of sp³-hybridized carbons (Fsp3) is 0.500. The lowest BCUT2D eigenvalue weighted by Crippen LogP contribution is -1.91. The maximum absolute atomic E-state index is 9.01. The predicted molar refractivity (Wildman–Crippen MR) is 61.5 cm³/mol. The van der Waals surface area contributed by atoms with E-state index in [0.29, 0.717) is 23.3 Å². The molecule has 1 aromatic carbocycles. The Labute approximate surface area is 93.3 Å². The molecule has 0 bridgehead atoms. The largest absolute Gasteiger partial charge is 0.396 e. The number of hydrogen-bond acceptors (Lipinski definition) is 1. The number of rotatable bonds is 4. The molecule has 0 aliphatic heterocycles. The van der Waals surface area contributed by atoms with Gasteiger partial charge in [0.15, 0.2) is 0 Å². The summed E-state index contributed by atoms with van der Waals surface area (Å²) in [5.41, 5.74) is 1.40. The molecule has 1 nitrogen and oxygen atoms in total. The van der Waals surface area contributed by atoms with Gasteiger partial charge in [0.25, 0.3) is 0 Å². The minimum atomic E-state index is 0.329. The monoisotopic (exact) mass is 254 g/mol. The van der Waals surface area contributed by atoms with E-state index in [1.54, 1.807) is 0 Å². The molecule has 2 rings (SSSR count). The third-order valence-electron chi connectivity index (χ3n) is 3.05. The van der Waals surface area contributed by atoms with Crippen LogP contribution in [0.25, 0.3) is 0 Å². The van der Waals surface area contributed by atoms with Gasteiger partial charge in [-0.25, -0.2) is 0 Å². The highest BCUT2D eigenvalue weighted by atomic mass is 79.9. The molecule has 76 valence electrons. The summed E-state index contributed by atoms with van der Waals surface area (Å²) in [5.74, 6) is 1.18. The first-order chi connectivity index (χ1) is 6.83. The molecule has 1 aliphatic carbocycles. The number of aliphatic hydroxyl groups excluding tert-OH is 1. The zero-order valence-electron chi connectivity index (χ0n) is 8.07. The van der Waals surface area contributed by atoms with Gasteiger partial charge in [-0.15, -0.1) is 0 Å². The van der Waals surface area contributed by atoms with E-state index in [9.17, 15) is 0 Å². The summed E-state index contributed by atoms with van der Waals surface area (Å²) >= 11 is 3.59. The molecule has 1 aliphatic rings. The molecule has 1 fully saturated rings. The fourth-order valence-electron chi connectivity index (χ4n) is 1.99. The average molecular weight is 255 g/mol. The summed E-state index contributed by atoms with van der Waals surface area (Å²) in [6, 6.07) is 10.5. The van der Waals surface area contributed by atoms with Crippen molar-refractivity contribution in [2.24, 2.45) is 11.8 Å². The van der Waals surface area contributed by atoms with Crippen LogP contribution in [0.4, 0.5) is 0 Å². The minimum absolute atomic E-state index is 0.329. The zero-order valence-corrected chi connectivity index (χ0v) is 9.65. The minimum Gasteiger partial charge on any atom is -0.396 e. The topological polar surface area (TPSA) is 20.2 Å². The summed E-state index contributed by atoms with van der Waals surface area (Å²) in [4.78, 5) is 0.552. The third-order valence-corrected chi connectivity index (χ3v) is 4.41. The van der Waals surface area contributed by atoms with Gasteiger partial charge in [-0.1, -0.05) is 46.3 Å². The van der Waals surface area contributed by atoms with Crippen LogP contribution >= 0.6 is 15.9 Å². The van der Waals surface area contributed by atoms with Crippen LogP contribution in [0, 0.1) is 11.8 Å². The standard InChI is InChI=1S/C12H15BrO/c13-12-10(11(12)8-14)7-6-9-4-2-1-3-5-9/h1-5,10-12,14H,6-8H2/t10-,11+,12+/m0/s1. The smallest absolute Gasteiger partial charge is 0.0473 e. The SMILES string of the molecule is OC[C@H]1[C@H](Br)[C@H]1CCc1ccccc1. The molecule has 0 aromatic heterocycles. The van der Waals surface area contributed by atoms with Crippen molar-refractivity contribution in [1.82, 2.24) is 0 Å². The third kappa shape index (κ3) is 2.18. The summed E-state index contributed by atoms with van der Waals surface area (Å²) in [6.45, 7) is 0.329. The Bertz CT molecular complexity index is 286. The predicted octanol–water partition coefficient (Wildman–Crippen LogP) is 2.62. The summed E-state index contributed by atoms with van der Waals surface area (Å²) < 4.78 is 0. The molecule has 2 heteroatoms. The van der Waals surface area contributed by atoms with Gasteiger partial charge in [-0.05, 0) is 30.2 Å². The van der Waals surface area contributed by atoms with Gasteiger partial charge in [0.1, 0.15) is 0 Å². The first-order valence-corrected chi connectivity index (χ1v) is 6.03. The van der Waals surface area contributed by atoms with Gasteiger partial charge in [0, 0.05) is 11.4 Å². The Hall–Kier alpha value is -0.340. The van der Waals surface area contributed by atoms with Gasteiger partial charge in [0.05, 0.1) is 0 Å². The summed E-state index contributed by atoms with van der Waals surface area (Å²) in [5, 5.41) is 9.01. The van der Waals surface area contributed by atoms with Crippen LogP contribution in [0.2, 0.25) is 0 Å². The maximum Gasteiger partial charge on any atom is 0.0473 e. The second kappa shape index (κ2) is 4.45. The fourth-order valence-corrected chi connectivity index (χ4v) is 3.03.